The van der Waals surface area contributed by atoms with E-state index in [9.17, 15) is 4.79 Å². The lowest BCUT2D eigenvalue weighted by atomic mass is 10.1. The lowest BCUT2D eigenvalue weighted by Crippen LogP contribution is -2.25. The van der Waals surface area contributed by atoms with Crippen molar-refractivity contribution in [3.05, 3.63) is 47.8 Å². The Kier molecular flexibility index (Phi) is 5.26. The Morgan fingerprint density at radius 3 is 2.57 bits per heavy atom. The number of anilines is 2. The van der Waals surface area contributed by atoms with Crippen molar-refractivity contribution in [2.24, 2.45) is 0 Å². The molecule has 0 spiro atoms. The summed E-state index contributed by atoms with van der Waals surface area (Å²) in [6.07, 6.45) is 3.48. The lowest BCUT2D eigenvalue weighted by Gasteiger charge is -2.07. The molecule has 0 radical (unpaired) electrons. The van der Waals surface area contributed by atoms with Crippen molar-refractivity contribution in [3.63, 3.8) is 0 Å². The van der Waals surface area contributed by atoms with Crippen LogP contribution in [0.4, 0.5) is 11.6 Å². The van der Waals surface area contributed by atoms with Gasteiger partial charge in [-0.1, -0.05) is 26.0 Å². The molecule has 0 aliphatic carbocycles. The normalized spacial score (nSPS) is 10.2. The summed E-state index contributed by atoms with van der Waals surface area (Å²) in [4.78, 5) is 20.2. The second-order valence-corrected chi connectivity index (χ2v) is 4.70. The second kappa shape index (κ2) is 7.38. The van der Waals surface area contributed by atoms with E-state index in [0.29, 0.717) is 18.2 Å². The van der Waals surface area contributed by atoms with E-state index in [4.69, 9.17) is 0 Å². The summed E-state index contributed by atoms with van der Waals surface area (Å²) >= 11 is 0. The van der Waals surface area contributed by atoms with Crippen LogP contribution >= 0.6 is 0 Å². The topological polar surface area (TPSA) is 66.9 Å². The quantitative estimate of drug-likeness (QED) is 0.856. The lowest BCUT2D eigenvalue weighted by molar-refractivity contribution is 0.0948. The monoisotopic (exact) mass is 284 g/mol. The van der Waals surface area contributed by atoms with Crippen LogP contribution in [0.3, 0.4) is 0 Å². The summed E-state index contributed by atoms with van der Waals surface area (Å²) in [5.74, 6) is 0.243. The molecule has 0 saturated carbocycles. The maximum Gasteiger partial charge on any atom is 0.270 e. The van der Waals surface area contributed by atoms with E-state index in [1.807, 2.05) is 19.1 Å². The highest BCUT2D eigenvalue weighted by Crippen LogP contribution is 2.14. The number of carbonyl (C=O) groups excluding carboxylic acids is 1. The van der Waals surface area contributed by atoms with Gasteiger partial charge >= 0.3 is 0 Å². The first kappa shape index (κ1) is 15.0. The van der Waals surface area contributed by atoms with Gasteiger partial charge in [0, 0.05) is 18.4 Å². The number of carbonyl (C=O) groups is 1. The van der Waals surface area contributed by atoms with Gasteiger partial charge < -0.3 is 10.6 Å². The molecule has 0 aliphatic rings. The predicted octanol–water partition coefficient (Wildman–Crippen LogP) is 2.92. The largest absolute Gasteiger partial charge is 0.351 e. The van der Waals surface area contributed by atoms with E-state index in [1.165, 1.54) is 5.56 Å². The molecule has 0 saturated heterocycles. The molecule has 2 N–H and O–H groups in total. The maximum absolute atomic E-state index is 11.9. The molecular formula is C16H20N4O. The van der Waals surface area contributed by atoms with Crippen molar-refractivity contribution < 1.29 is 4.79 Å². The molecule has 21 heavy (non-hydrogen) atoms. The van der Waals surface area contributed by atoms with Gasteiger partial charge in [0.1, 0.15) is 5.69 Å². The van der Waals surface area contributed by atoms with Crippen LogP contribution in [0.25, 0.3) is 0 Å². The Morgan fingerprint density at radius 1 is 1.14 bits per heavy atom. The molecule has 0 unspecified atom stereocenters. The number of amides is 1. The highest BCUT2D eigenvalue weighted by atomic mass is 16.1. The first-order chi connectivity index (χ1) is 10.2. The van der Waals surface area contributed by atoms with Crippen LogP contribution in [0.1, 0.15) is 36.3 Å². The molecular weight excluding hydrogens is 264 g/mol. The first-order valence-electron chi connectivity index (χ1n) is 7.20. The van der Waals surface area contributed by atoms with Crippen molar-refractivity contribution in [1.29, 1.82) is 0 Å². The summed E-state index contributed by atoms with van der Waals surface area (Å²) in [7, 11) is 0. The number of rotatable bonds is 6. The van der Waals surface area contributed by atoms with Crippen molar-refractivity contribution in [2.45, 2.75) is 26.7 Å². The van der Waals surface area contributed by atoms with Crippen molar-refractivity contribution in [1.82, 2.24) is 15.3 Å². The van der Waals surface area contributed by atoms with E-state index >= 15 is 0 Å². The van der Waals surface area contributed by atoms with Crippen LogP contribution in [0.2, 0.25) is 0 Å². The van der Waals surface area contributed by atoms with Crippen LogP contribution in [0, 0.1) is 0 Å². The molecule has 110 valence electrons. The van der Waals surface area contributed by atoms with Gasteiger partial charge in [-0.25, -0.2) is 9.97 Å². The molecule has 2 aromatic rings. The average Bonchev–Trinajstić information content (AvgIpc) is 2.53. The fourth-order valence-electron chi connectivity index (χ4n) is 1.83. The summed E-state index contributed by atoms with van der Waals surface area (Å²) < 4.78 is 0. The van der Waals surface area contributed by atoms with Crippen LogP contribution in [0.15, 0.2) is 36.5 Å². The minimum absolute atomic E-state index is 0.177. The molecule has 0 aliphatic heterocycles. The molecule has 2 rings (SSSR count). The van der Waals surface area contributed by atoms with E-state index in [2.05, 4.69) is 39.7 Å². The number of aryl methyl sites for hydroxylation is 1. The van der Waals surface area contributed by atoms with Crippen LogP contribution in [0.5, 0.6) is 0 Å². The number of nitrogens with one attached hydrogen (secondary N) is 2. The average molecular weight is 284 g/mol. The summed E-state index contributed by atoms with van der Waals surface area (Å²) in [5, 5.41) is 5.90. The summed E-state index contributed by atoms with van der Waals surface area (Å²) in [6.45, 7) is 4.77. The van der Waals surface area contributed by atoms with Crippen LogP contribution in [-0.4, -0.2) is 22.4 Å². The van der Waals surface area contributed by atoms with Gasteiger partial charge in [0.05, 0.1) is 0 Å². The van der Waals surface area contributed by atoms with Crippen LogP contribution < -0.4 is 10.6 Å². The maximum atomic E-state index is 11.9. The molecule has 1 aromatic heterocycles. The van der Waals surface area contributed by atoms with E-state index < -0.39 is 0 Å². The molecule has 1 aromatic carbocycles. The van der Waals surface area contributed by atoms with Gasteiger partial charge in [-0.3, -0.25) is 4.79 Å². The molecule has 1 amide bonds. The van der Waals surface area contributed by atoms with Gasteiger partial charge in [0.15, 0.2) is 0 Å². The van der Waals surface area contributed by atoms with Crippen LogP contribution in [-0.2, 0) is 6.42 Å². The molecule has 0 fully saturated rings. The Morgan fingerprint density at radius 2 is 1.90 bits per heavy atom. The van der Waals surface area contributed by atoms with E-state index in [-0.39, 0.29) is 5.91 Å². The Bertz CT molecular complexity index is 595. The summed E-state index contributed by atoms with van der Waals surface area (Å²) in [6, 6.07) is 9.68. The third kappa shape index (κ3) is 4.27. The van der Waals surface area contributed by atoms with Gasteiger partial charge in [0.25, 0.3) is 5.91 Å². The van der Waals surface area contributed by atoms with Gasteiger partial charge in [-0.05, 0) is 36.6 Å². The standard InChI is InChI=1S/C16H20N4O/c1-3-10-17-15(21)14-9-11-18-16(20-14)19-13-7-5-12(4-2)6-8-13/h5-9,11H,3-4,10H2,1-2H3,(H,17,21)(H,18,19,20). The molecule has 0 atom stereocenters. The highest BCUT2D eigenvalue weighted by molar-refractivity contribution is 5.92. The molecule has 5 heteroatoms. The van der Waals surface area contributed by atoms with Gasteiger partial charge in [-0.2, -0.15) is 0 Å². The number of benzene rings is 1. The highest BCUT2D eigenvalue weighted by Gasteiger charge is 2.07. The Labute approximate surface area is 124 Å². The predicted molar refractivity (Wildman–Crippen MR) is 83.8 cm³/mol. The molecule has 5 nitrogen and oxygen atoms in total. The van der Waals surface area contributed by atoms with E-state index in [1.54, 1.807) is 12.3 Å². The number of aromatic nitrogens is 2. The second-order valence-electron chi connectivity index (χ2n) is 4.70. The zero-order chi connectivity index (χ0) is 15.1. The number of hydrogen-bond acceptors (Lipinski definition) is 4. The minimum atomic E-state index is -0.177. The minimum Gasteiger partial charge on any atom is -0.351 e. The SMILES string of the molecule is CCCNC(=O)c1ccnc(Nc2ccc(CC)cc2)n1. The van der Waals surface area contributed by atoms with Gasteiger partial charge in [-0.15, -0.1) is 0 Å². The Balaban J connectivity index is 2.07. The number of hydrogen-bond donors (Lipinski definition) is 2. The van der Waals surface area contributed by atoms with Crippen molar-refractivity contribution in [3.8, 4) is 0 Å². The Hall–Kier alpha value is -2.43. The zero-order valence-electron chi connectivity index (χ0n) is 12.4. The third-order valence-corrected chi connectivity index (χ3v) is 3.04. The fourth-order valence-corrected chi connectivity index (χ4v) is 1.83. The molecule has 1 heterocycles. The van der Waals surface area contributed by atoms with Crippen molar-refractivity contribution >= 4 is 17.5 Å². The van der Waals surface area contributed by atoms with Crippen molar-refractivity contribution in [2.75, 3.05) is 11.9 Å². The fraction of sp³-hybridized carbons (Fsp3) is 0.312. The third-order valence-electron chi connectivity index (χ3n) is 3.04. The smallest absolute Gasteiger partial charge is 0.270 e. The zero-order valence-corrected chi connectivity index (χ0v) is 12.4. The number of nitrogens with zero attached hydrogens (tertiary/aromatic N) is 2. The summed E-state index contributed by atoms with van der Waals surface area (Å²) in [5.41, 5.74) is 2.54. The van der Waals surface area contributed by atoms with Gasteiger partial charge in [0.2, 0.25) is 5.95 Å². The molecule has 0 bridgehead atoms. The van der Waals surface area contributed by atoms with E-state index in [0.717, 1.165) is 18.5 Å². The first-order valence-corrected chi connectivity index (χ1v) is 7.20.